The van der Waals surface area contributed by atoms with Crippen molar-refractivity contribution in [3.05, 3.63) is 34.9 Å². The Labute approximate surface area is 105 Å². The largest absolute Gasteiger partial charge is 0.381 e. The van der Waals surface area contributed by atoms with Crippen molar-refractivity contribution in [2.24, 2.45) is 5.92 Å². The van der Waals surface area contributed by atoms with Gasteiger partial charge >= 0.3 is 0 Å². The van der Waals surface area contributed by atoms with Gasteiger partial charge in [-0.3, -0.25) is 9.59 Å². The number of fused-ring (bicyclic) bond motifs is 1. The summed E-state index contributed by atoms with van der Waals surface area (Å²) in [5.41, 5.74) is 2.30. The fourth-order valence-electron chi connectivity index (χ4n) is 2.54. The van der Waals surface area contributed by atoms with E-state index >= 15 is 0 Å². The summed E-state index contributed by atoms with van der Waals surface area (Å²) in [4.78, 5) is 24.0. The van der Waals surface area contributed by atoms with Gasteiger partial charge < -0.3 is 10.1 Å². The highest BCUT2D eigenvalue weighted by molar-refractivity contribution is 6.02. The Morgan fingerprint density at radius 1 is 1.39 bits per heavy atom. The Balaban J connectivity index is 1.91. The smallest absolute Gasteiger partial charge is 0.251 e. The SMILES string of the molecule is O=C1NCCc2ccc(C(=O)C3CCOC3)cc21. The third-order valence-corrected chi connectivity index (χ3v) is 3.62. The normalized spacial score (nSPS) is 22.4. The number of benzene rings is 1. The lowest BCUT2D eigenvalue weighted by atomic mass is 9.92. The molecule has 1 aromatic rings. The maximum Gasteiger partial charge on any atom is 0.251 e. The second-order valence-electron chi connectivity index (χ2n) is 4.80. The molecule has 1 unspecified atom stereocenters. The van der Waals surface area contributed by atoms with E-state index in [4.69, 9.17) is 4.74 Å². The van der Waals surface area contributed by atoms with Gasteiger partial charge in [0.25, 0.3) is 5.91 Å². The molecule has 4 nitrogen and oxygen atoms in total. The fraction of sp³-hybridized carbons (Fsp3) is 0.429. The highest BCUT2D eigenvalue weighted by atomic mass is 16.5. The van der Waals surface area contributed by atoms with Crippen LogP contribution < -0.4 is 5.32 Å². The number of ether oxygens (including phenoxy) is 1. The topological polar surface area (TPSA) is 55.4 Å². The van der Waals surface area contributed by atoms with Gasteiger partial charge in [0, 0.05) is 30.2 Å². The molecule has 0 aliphatic carbocycles. The first-order valence-electron chi connectivity index (χ1n) is 6.29. The van der Waals surface area contributed by atoms with Gasteiger partial charge in [-0.25, -0.2) is 0 Å². The van der Waals surface area contributed by atoms with Crippen molar-refractivity contribution < 1.29 is 14.3 Å². The second kappa shape index (κ2) is 4.53. The Morgan fingerprint density at radius 3 is 3.06 bits per heavy atom. The molecule has 2 heterocycles. The van der Waals surface area contributed by atoms with Crippen LogP contribution in [0.3, 0.4) is 0 Å². The molecular weight excluding hydrogens is 230 g/mol. The van der Waals surface area contributed by atoms with E-state index < -0.39 is 0 Å². The average molecular weight is 245 g/mol. The van der Waals surface area contributed by atoms with E-state index in [9.17, 15) is 9.59 Å². The maximum atomic E-state index is 12.2. The molecule has 0 radical (unpaired) electrons. The van der Waals surface area contributed by atoms with Gasteiger partial charge in [-0.15, -0.1) is 0 Å². The maximum absolute atomic E-state index is 12.2. The standard InChI is InChI=1S/C14H15NO3/c16-13(11-4-6-18-8-11)10-2-1-9-3-5-15-14(17)12(9)7-10/h1-2,7,11H,3-6,8H2,(H,15,17). The van der Waals surface area contributed by atoms with Crippen molar-refractivity contribution in [1.82, 2.24) is 5.32 Å². The Bertz CT molecular complexity index is 504. The number of carbonyl (C=O) groups excluding carboxylic acids is 2. The van der Waals surface area contributed by atoms with Gasteiger partial charge in [-0.05, 0) is 24.5 Å². The van der Waals surface area contributed by atoms with Crippen LogP contribution in [0.4, 0.5) is 0 Å². The molecule has 1 fully saturated rings. The van der Waals surface area contributed by atoms with E-state index in [1.54, 1.807) is 6.07 Å². The van der Waals surface area contributed by atoms with Crippen LogP contribution in [0.25, 0.3) is 0 Å². The van der Waals surface area contributed by atoms with Crippen molar-refractivity contribution in [3.63, 3.8) is 0 Å². The van der Waals surface area contributed by atoms with E-state index in [1.807, 2.05) is 12.1 Å². The number of ketones is 1. The van der Waals surface area contributed by atoms with E-state index in [1.165, 1.54) is 0 Å². The Morgan fingerprint density at radius 2 is 2.28 bits per heavy atom. The summed E-state index contributed by atoms with van der Waals surface area (Å²) in [5.74, 6) is -0.0306. The zero-order chi connectivity index (χ0) is 12.5. The number of carbonyl (C=O) groups is 2. The molecule has 1 aromatic carbocycles. The molecule has 94 valence electrons. The van der Waals surface area contributed by atoms with Gasteiger partial charge in [0.15, 0.2) is 5.78 Å². The van der Waals surface area contributed by atoms with Gasteiger partial charge in [0.1, 0.15) is 0 Å². The summed E-state index contributed by atoms with van der Waals surface area (Å²) < 4.78 is 5.23. The first kappa shape index (κ1) is 11.4. The first-order valence-corrected chi connectivity index (χ1v) is 6.29. The lowest BCUT2D eigenvalue weighted by Crippen LogP contribution is -2.32. The van der Waals surface area contributed by atoms with Crippen LogP contribution in [0.15, 0.2) is 18.2 Å². The molecule has 0 spiro atoms. The third kappa shape index (κ3) is 1.93. The highest BCUT2D eigenvalue weighted by Gasteiger charge is 2.26. The predicted molar refractivity (Wildman–Crippen MR) is 65.7 cm³/mol. The minimum Gasteiger partial charge on any atom is -0.381 e. The zero-order valence-electron chi connectivity index (χ0n) is 10.1. The average Bonchev–Trinajstić information content (AvgIpc) is 2.92. The lowest BCUT2D eigenvalue weighted by molar-refractivity contribution is 0.0900. The van der Waals surface area contributed by atoms with Crippen LogP contribution in [0.2, 0.25) is 0 Å². The van der Waals surface area contributed by atoms with Crippen LogP contribution in [-0.4, -0.2) is 31.4 Å². The molecule has 1 N–H and O–H groups in total. The number of hydrogen-bond donors (Lipinski definition) is 1. The van der Waals surface area contributed by atoms with Crippen LogP contribution in [-0.2, 0) is 11.2 Å². The number of hydrogen-bond acceptors (Lipinski definition) is 3. The summed E-state index contributed by atoms with van der Waals surface area (Å²) in [6.07, 6.45) is 1.62. The van der Waals surface area contributed by atoms with Crippen molar-refractivity contribution >= 4 is 11.7 Å². The van der Waals surface area contributed by atoms with E-state index in [0.29, 0.717) is 30.9 Å². The number of nitrogens with one attached hydrogen (secondary N) is 1. The second-order valence-corrected chi connectivity index (χ2v) is 4.80. The number of rotatable bonds is 2. The summed E-state index contributed by atoms with van der Waals surface area (Å²) in [5, 5.41) is 2.80. The third-order valence-electron chi connectivity index (χ3n) is 3.62. The van der Waals surface area contributed by atoms with E-state index in [0.717, 1.165) is 18.4 Å². The van der Waals surface area contributed by atoms with Crippen molar-refractivity contribution in [3.8, 4) is 0 Å². The molecule has 1 saturated heterocycles. The quantitative estimate of drug-likeness (QED) is 0.796. The lowest BCUT2D eigenvalue weighted by Gasteiger charge is -2.17. The minimum absolute atomic E-state index is 0.0466. The minimum atomic E-state index is -0.0754. The monoisotopic (exact) mass is 245 g/mol. The summed E-state index contributed by atoms with van der Waals surface area (Å²) in [7, 11) is 0. The fourth-order valence-corrected chi connectivity index (χ4v) is 2.54. The molecule has 0 aromatic heterocycles. The van der Waals surface area contributed by atoms with E-state index in [2.05, 4.69) is 5.32 Å². The van der Waals surface area contributed by atoms with Crippen molar-refractivity contribution in [1.29, 1.82) is 0 Å². The molecule has 2 aliphatic rings. The Kier molecular flexibility index (Phi) is 2.88. The molecule has 4 heteroatoms. The molecule has 0 bridgehead atoms. The molecule has 1 amide bonds. The van der Waals surface area contributed by atoms with Crippen molar-refractivity contribution in [2.45, 2.75) is 12.8 Å². The number of amides is 1. The van der Waals surface area contributed by atoms with E-state index in [-0.39, 0.29) is 17.6 Å². The molecule has 1 atom stereocenters. The van der Waals surface area contributed by atoms with Gasteiger partial charge in [0.2, 0.25) is 0 Å². The zero-order valence-corrected chi connectivity index (χ0v) is 10.1. The molecule has 0 saturated carbocycles. The van der Waals surface area contributed by atoms with Crippen molar-refractivity contribution in [2.75, 3.05) is 19.8 Å². The summed E-state index contributed by atoms with van der Waals surface area (Å²) in [6, 6.07) is 5.46. The van der Waals surface area contributed by atoms with Gasteiger partial charge in [-0.1, -0.05) is 12.1 Å². The summed E-state index contributed by atoms with van der Waals surface area (Å²) >= 11 is 0. The van der Waals surface area contributed by atoms with Crippen LogP contribution in [0.1, 0.15) is 32.7 Å². The molecule has 2 aliphatic heterocycles. The summed E-state index contributed by atoms with van der Waals surface area (Å²) in [6.45, 7) is 1.83. The van der Waals surface area contributed by atoms with Gasteiger partial charge in [-0.2, -0.15) is 0 Å². The van der Waals surface area contributed by atoms with Crippen LogP contribution in [0, 0.1) is 5.92 Å². The van der Waals surface area contributed by atoms with Crippen LogP contribution >= 0.6 is 0 Å². The predicted octanol–water partition coefficient (Wildman–Crippen LogP) is 1.19. The molecule has 3 rings (SSSR count). The highest BCUT2D eigenvalue weighted by Crippen LogP contribution is 2.22. The number of Topliss-reactive ketones (excluding diaryl/α,β-unsaturated/α-hetero) is 1. The Hall–Kier alpha value is -1.68. The molecular formula is C14H15NO3. The molecule has 18 heavy (non-hydrogen) atoms. The van der Waals surface area contributed by atoms with Gasteiger partial charge in [0.05, 0.1) is 6.61 Å². The van der Waals surface area contributed by atoms with Crippen LogP contribution in [0.5, 0.6) is 0 Å². The first-order chi connectivity index (χ1) is 8.75.